The lowest BCUT2D eigenvalue weighted by molar-refractivity contribution is 0.112. The van der Waals surface area contributed by atoms with Crippen molar-refractivity contribution in [3.8, 4) is 0 Å². The van der Waals surface area contributed by atoms with E-state index >= 15 is 0 Å². The Morgan fingerprint density at radius 3 is 2.69 bits per heavy atom. The number of aldehydes is 1. The van der Waals surface area contributed by atoms with Gasteiger partial charge in [0, 0.05) is 5.92 Å². The minimum Gasteiger partial charge on any atom is -0.468 e. The SMILES string of the molecule is O=Cc1coc(C2CCCCC2)c1. The number of hydrogen-bond acceptors (Lipinski definition) is 2. The van der Waals surface area contributed by atoms with E-state index in [4.69, 9.17) is 4.42 Å². The molecule has 0 aliphatic heterocycles. The van der Waals surface area contributed by atoms with Crippen LogP contribution in [-0.2, 0) is 0 Å². The van der Waals surface area contributed by atoms with Crippen LogP contribution in [0.5, 0.6) is 0 Å². The largest absolute Gasteiger partial charge is 0.468 e. The van der Waals surface area contributed by atoms with Crippen molar-refractivity contribution in [3.05, 3.63) is 23.7 Å². The topological polar surface area (TPSA) is 30.2 Å². The Morgan fingerprint density at radius 1 is 1.31 bits per heavy atom. The zero-order valence-electron chi connectivity index (χ0n) is 7.66. The van der Waals surface area contributed by atoms with Gasteiger partial charge in [0.2, 0.25) is 0 Å². The van der Waals surface area contributed by atoms with E-state index in [1.165, 1.54) is 32.1 Å². The first kappa shape index (κ1) is 8.54. The van der Waals surface area contributed by atoms with Crippen LogP contribution in [0.15, 0.2) is 16.7 Å². The molecule has 0 amide bonds. The molecule has 1 aliphatic rings. The molecular weight excluding hydrogens is 164 g/mol. The molecule has 1 saturated carbocycles. The summed E-state index contributed by atoms with van der Waals surface area (Å²) in [4.78, 5) is 10.4. The molecule has 0 atom stereocenters. The zero-order chi connectivity index (χ0) is 9.10. The van der Waals surface area contributed by atoms with Crippen molar-refractivity contribution < 1.29 is 9.21 Å². The van der Waals surface area contributed by atoms with Crippen molar-refractivity contribution in [3.63, 3.8) is 0 Å². The van der Waals surface area contributed by atoms with Gasteiger partial charge < -0.3 is 4.42 Å². The fraction of sp³-hybridized carbons (Fsp3) is 0.545. The average molecular weight is 178 g/mol. The molecule has 0 radical (unpaired) electrons. The molecule has 70 valence electrons. The van der Waals surface area contributed by atoms with Gasteiger partial charge in [0.25, 0.3) is 0 Å². The summed E-state index contributed by atoms with van der Waals surface area (Å²) in [7, 11) is 0. The number of hydrogen-bond donors (Lipinski definition) is 0. The zero-order valence-corrected chi connectivity index (χ0v) is 7.66. The Bertz CT molecular complexity index is 282. The van der Waals surface area contributed by atoms with Gasteiger partial charge in [0.05, 0.1) is 5.56 Å². The first-order valence-electron chi connectivity index (χ1n) is 4.94. The molecule has 13 heavy (non-hydrogen) atoms. The normalized spacial score (nSPS) is 18.8. The van der Waals surface area contributed by atoms with Gasteiger partial charge in [-0.25, -0.2) is 0 Å². The van der Waals surface area contributed by atoms with Gasteiger partial charge >= 0.3 is 0 Å². The van der Waals surface area contributed by atoms with E-state index in [-0.39, 0.29) is 0 Å². The van der Waals surface area contributed by atoms with E-state index in [0.29, 0.717) is 11.5 Å². The molecule has 2 nitrogen and oxygen atoms in total. The minimum absolute atomic E-state index is 0.558. The van der Waals surface area contributed by atoms with Crippen molar-refractivity contribution in [2.24, 2.45) is 0 Å². The van der Waals surface area contributed by atoms with Crippen LogP contribution in [0.25, 0.3) is 0 Å². The Morgan fingerprint density at radius 2 is 2.08 bits per heavy atom. The highest BCUT2D eigenvalue weighted by Gasteiger charge is 2.18. The molecule has 0 N–H and O–H groups in total. The molecule has 2 rings (SSSR count). The third-order valence-corrected chi connectivity index (χ3v) is 2.78. The third-order valence-electron chi connectivity index (χ3n) is 2.78. The summed E-state index contributed by atoms with van der Waals surface area (Å²) in [5.41, 5.74) is 0.667. The van der Waals surface area contributed by atoms with Gasteiger partial charge in [-0.15, -0.1) is 0 Å². The maximum Gasteiger partial charge on any atom is 0.153 e. The average Bonchev–Trinajstić information content (AvgIpc) is 2.67. The number of furan rings is 1. The highest BCUT2D eigenvalue weighted by Crippen LogP contribution is 2.33. The Hall–Kier alpha value is -1.05. The lowest BCUT2D eigenvalue weighted by Crippen LogP contribution is -2.02. The van der Waals surface area contributed by atoms with Crippen LogP contribution in [0.1, 0.15) is 54.1 Å². The fourth-order valence-electron chi connectivity index (χ4n) is 2.03. The monoisotopic (exact) mass is 178 g/mol. The molecular formula is C11H14O2. The van der Waals surface area contributed by atoms with Crippen LogP contribution in [0.2, 0.25) is 0 Å². The Balaban J connectivity index is 2.09. The minimum atomic E-state index is 0.558. The molecule has 0 saturated heterocycles. The van der Waals surface area contributed by atoms with Crippen LogP contribution in [0, 0.1) is 0 Å². The number of carbonyl (C=O) groups excluding carboxylic acids is 1. The van der Waals surface area contributed by atoms with Crippen molar-refractivity contribution in [1.29, 1.82) is 0 Å². The number of carbonyl (C=O) groups is 1. The predicted octanol–water partition coefficient (Wildman–Crippen LogP) is 3.14. The predicted molar refractivity (Wildman–Crippen MR) is 49.9 cm³/mol. The first-order chi connectivity index (χ1) is 6.40. The summed E-state index contributed by atoms with van der Waals surface area (Å²) in [6, 6.07) is 1.88. The van der Waals surface area contributed by atoms with Gasteiger partial charge in [0.15, 0.2) is 6.29 Å². The van der Waals surface area contributed by atoms with Crippen molar-refractivity contribution >= 4 is 6.29 Å². The smallest absolute Gasteiger partial charge is 0.153 e. The summed E-state index contributed by atoms with van der Waals surface area (Å²) < 4.78 is 5.36. The molecule has 0 bridgehead atoms. The highest BCUT2D eigenvalue weighted by atomic mass is 16.3. The van der Waals surface area contributed by atoms with Crippen LogP contribution < -0.4 is 0 Å². The molecule has 1 heterocycles. The lowest BCUT2D eigenvalue weighted by atomic mass is 9.87. The standard InChI is InChI=1S/C11H14O2/c12-7-9-6-11(13-8-9)10-4-2-1-3-5-10/h6-8,10H,1-5H2. The quantitative estimate of drug-likeness (QED) is 0.651. The second kappa shape index (κ2) is 3.77. The summed E-state index contributed by atoms with van der Waals surface area (Å²) in [6.45, 7) is 0. The van der Waals surface area contributed by atoms with E-state index in [1.807, 2.05) is 6.07 Å². The van der Waals surface area contributed by atoms with E-state index in [9.17, 15) is 4.79 Å². The second-order valence-electron chi connectivity index (χ2n) is 3.74. The van der Waals surface area contributed by atoms with Crippen molar-refractivity contribution in [1.82, 2.24) is 0 Å². The number of rotatable bonds is 2. The molecule has 2 heteroatoms. The van der Waals surface area contributed by atoms with Gasteiger partial charge in [-0.1, -0.05) is 19.3 Å². The fourth-order valence-corrected chi connectivity index (χ4v) is 2.03. The Kier molecular flexibility index (Phi) is 2.48. The van der Waals surface area contributed by atoms with Gasteiger partial charge in [-0.05, 0) is 18.9 Å². The summed E-state index contributed by atoms with van der Waals surface area (Å²) in [6.07, 6.45) is 8.76. The van der Waals surface area contributed by atoms with Crippen LogP contribution in [-0.4, -0.2) is 6.29 Å². The summed E-state index contributed by atoms with van der Waals surface area (Å²) in [5, 5.41) is 0. The van der Waals surface area contributed by atoms with Gasteiger partial charge in [-0.2, -0.15) is 0 Å². The maximum absolute atomic E-state index is 10.4. The van der Waals surface area contributed by atoms with Crippen LogP contribution >= 0.6 is 0 Å². The van der Waals surface area contributed by atoms with Crippen molar-refractivity contribution in [2.45, 2.75) is 38.0 Å². The molecule has 1 fully saturated rings. The molecule has 1 aromatic rings. The molecule has 0 spiro atoms. The van der Waals surface area contributed by atoms with Crippen molar-refractivity contribution in [2.75, 3.05) is 0 Å². The highest BCUT2D eigenvalue weighted by molar-refractivity contribution is 5.74. The van der Waals surface area contributed by atoms with E-state index in [2.05, 4.69) is 0 Å². The van der Waals surface area contributed by atoms with E-state index in [1.54, 1.807) is 6.26 Å². The summed E-state index contributed by atoms with van der Waals surface area (Å²) in [5.74, 6) is 1.56. The molecule has 1 aliphatic carbocycles. The Labute approximate surface area is 77.9 Å². The second-order valence-corrected chi connectivity index (χ2v) is 3.74. The van der Waals surface area contributed by atoms with Crippen LogP contribution in [0.3, 0.4) is 0 Å². The van der Waals surface area contributed by atoms with E-state index < -0.39 is 0 Å². The van der Waals surface area contributed by atoms with Gasteiger partial charge in [-0.3, -0.25) is 4.79 Å². The van der Waals surface area contributed by atoms with Crippen LogP contribution in [0.4, 0.5) is 0 Å². The maximum atomic E-state index is 10.4. The molecule has 0 aromatic carbocycles. The lowest BCUT2D eigenvalue weighted by Gasteiger charge is -2.18. The summed E-state index contributed by atoms with van der Waals surface area (Å²) >= 11 is 0. The third kappa shape index (κ3) is 1.82. The molecule has 0 unspecified atom stereocenters. The first-order valence-corrected chi connectivity index (χ1v) is 4.94. The van der Waals surface area contributed by atoms with E-state index in [0.717, 1.165) is 12.0 Å². The van der Waals surface area contributed by atoms with Gasteiger partial charge in [0.1, 0.15) is 12.0 Å². The molecule has 1 aromatic heterocycles.